The van der Waals surface area contributed by atoms with Gasteiger partial charge in [0.2, 0.25) is 5.91 Å². The number of rotatable bonds is 9. The van der Waals surface area contributed by atoms with Gasteiger partial charge in [0.05, 0.1) is 22.6 Å². The highest BCUT2D eigenvalue weighted by molar-refractivity contribution is 5.79. The molecule has 1 heterocycles. The lowest BCUT2D eigenvalue weighted by atomic mass is 10.1. The zero-order chi connectivity index (χ0) is 24.8. The Hall–Kier alpha value is -3.73. The van der Waals surface area contributed by atoms with Crippen LogP contribution >= 0.6 is 0 Å². The van der Waals surface area contributed by atoms with Crippen LogP contribution in [0.2, 0.25) is 0 Å². The third-order valence-corrected chi connectivity index (χ3v) is 6.50. The molecule has 1 unspecified atom stereocenters. The van der Waals surface area contributed by atoms with E-state index in [0.29, 0.717) is 36.1 Å². The molecule has 0 aliphatic heterocycles. The van der Waals surface area contributed by atoms with Gasteiger partial charge in [-0.15, -0.1) is 0 Å². The summed E-state index contributed by atoms with van der Waals surface area (Å²) < 4.78 is 1.68. The fourth-order valence-corrected chi connectivity index (χ4v) is 4.51. The molecule has 0 N–H and O–H groups in total. The van der Waals surface area contributed by atoms with Gasteiger partial charge in [0.25, 0.3) is 5.56 Å². The summed E-state index contributed by atoms with van der Waals surface area (Å²) in [5, 5.41) is 0.570. The monoisotopic (exact) mass is 467 g/mol. The van der Waals surface area contributed by atoms with Gasteiger partial charge in [-0.1, -0.05) is 68.4 Å². The molecule has 4 rings (SSSR count). The van der Waals surface area contributed by atoms with Gasteiger partial charge in [0.1, 0.15) is 5.82 Å². The van der Waals surface area contributed by atoms with E-state index in [-0.39, 0.29) is 17.5 Å². The second kappa shape index (κ2) is 11.1. The fraction of sp³-hybridized carbons (Fsp3) is 0.300. The van der Waals surface area contributed by atoms with E-state index >= 15 is 0 Å². The normalized spacial score (nSPS) is 12.0. The first-order chi connectivity index (χ1) is 17.0. The third-order valence-electron chi connectivity index (χ3n) is 6.50. The summed E-state index contributed by atoms with van der Waals surface area (Å²) in [6.45, 7) is 6.75. The summed E-state index contributed by atoms with van der Waals surface area (Å²) in [5.74, 6) is 0.651. The predicted octanol–water partition coefficient (Wildman–Crippen LogP) is 5.88. The molecule has 1 atom stereocenters. The van der Waals surface area contributed by atoms with Crippen molar-refractivity contribution in [2.45, 2.75) is 52.5 Å². The number of para-hydroxylation sites is 1. The minimum atomic E-state index is -0.360. The van der Waals surface area contributed by atoms with E-state index in [1.54, 1.807) is 4.57 Å². The largest absolute Gasteiger partial charge is 0.333 e. The maximum absolute atomic E-state index is 13.7. The van der Waals surface area contributed by atoms with Crippen molar-refractivity contribution < 1.29 is 4.79 Å². The smallest absolute Gasteiger partial charge is 0.266 e. The van der Waals surface area contributed by atoms with Crippen molar-refractivity contribution in [2.24, 2.45) is 0 Å². The minimum Gasteiger partial charge on any atom is -0.333 e. The van der Waals surface area contributed by atoms with Gasteiger partial charge in [0, 0.05) is 13.0 Å². The Bertz CT molecular complexity index is 1340. The Kier molecular flexibility index (Phi) is 7.76. The highest BCUT2D eigenvalue weighted by atomic mass is 16.2. The molecule has 5 heteroatoms. The molecule has 5 nitrogen and oxygen atoms in total. The van der Waals surface area contributed by atoms with E-state index < -0.39 is 0 Å². The fourth-order valence-electron chi connectivity index (χ4n) is 4.51. The van der Waals surface area contributed by atoms with E-state index in [0.717, 1.165) is 24.1 Å². The summed E-state index contributed by atoms with van der Waals surface area (Å²) in [7, 11) is 0. The summed E-state index contributed by atoms with van der Waals surface area (Å²) in [6.07, 6.45) is 2.85. The number of amides is 1. The van der Waals surface area contributed by atoms with Crippen LogP contribution in [-0.2, 0) is 17.6 Å². The molecule has 0 spiro atoms. The number of carbonyl (C=O) groups is 1. The van der Waals surface area contributed by atoms with Crippen LogP contribution in [0.25, 0.3) is 16.6 Å². The highest BCUT2D eigenvalue weighted by Crippen LogP contribution is 2.24. The molecule has 0 aliphatic rings. The number of aryl methyl sites for hydroxylation is 2. The average molecular weight is 468 g/mol. The number of nitrogens with zero attached hydrogens (tertiary/aromatic N) is 3. The van der Waals surface area contributed by atoms with Gasteiger partial charge < -0.3 is 4.90 Å². The molecule has 0 radical (unpaired) electrons. The van der Waals surface area contributed by atoms with Crippen molar-refractivity contribution in [3.63, 3.8) is 0 Å². The number of hydrogen-bond acceptors (Lipinski definition) is 3. The van der Waals surface area contributed by atoms with Crippen LogP contribution in [0.15, 0.2) is 83.7 Å². The molecule has 0 bridgehead atoms. The second-order valence-electron chi connectivity index (χ2n) is 8.90. The van der Waals surface area contributed by atoms with Gasteiger partial charge in [-0.3, -0.25) is 14.2 Å². The Balaban J connectivity index is 1.76. The van der Waals surface area contributed by atoms with E-state index in [9.17, 15) is 9.59 Å². The summed E-state index contributed by atoms with van der Waals surface area (Å²) in [6, 6.07) is 25.1. The first kappa shape index (κ1) is 24.4. The molecule has 180 valence electrons. The van der Waals surface area contributed by atoms with E-state index in [2.05, 4.69) is 13.8 Å². The topological polar surface area (TPSA) is 55.2 Å². The van der Waals surface area contributed by atoms with Crippen LogP contribution < -0.4 is 5.56 Å². The van der Waals surface area contributed by atoms with Crippen LogP contribution in [0.3, 0.4) is 0 Å². The van der Waals surface area contributed by atoms with Crippen molar-refractivity contribution in [1.29, 1.82) is 0 Å². The molecule has 0 fully saturated rings. The lowest BCUT2D eigenvalue weighted by molar-refractivity contribution is -0.133. The highest BCUT2D eigenvalue weighted by Gasteiger charge is 2.26. The summed E-state index contributed by atoms with van der Waals surface area (Å²) >= 11 is 0. The number of benzene rings is 3. The predicted molar refractivity (Wildman–Crippen MR) is 142 cm³/mol. The molecule has 35 heavy (non-hydrogen) atoms. The summed E-state index contributed by atoms with van der Waals surface area (Å²) in [5.41, 5.74) is 3.64. The molecule has 4 aromatic rings. The van der Waals surface area contributed by atoms with Gasteiger partial charge in [-0.25, -0.2) is 4.98 Å². The Morgan fingerprint density at radius 3 is 2.29 bits per heavy atom. The van der Waals surface area contributed by atoms with Crippen molar-refractivity contribution >= 4 is 16.8 Å². The SMILES string of the molecule is CCCN(C(=O)CCc1ccccc1)C(C)c1nc2ccccc2c(=O)n1-c1ccc(CC)cc1. The molecule has 0 saturated carbocycles. The van der Waals surface area contributed by atoms with Crippen LogP contribution in [-0.4, -0.2) is 26.9 Å². The van der Waals surface area contributed by atoms with Crippen LogP contribution in [0, 0.1) is 0 Å². The zero-order valence-electron chi connectivity index (χ0n) is 20.8. The Labute approximate surface area is 207 Å². The summed E-state index contributed by atoms with van der Waals surface area (Å²) in [4.78, 5) is 33.9. The van der Waals surface area contributed by atoms with Gasteiger partial charge in [-0.05, 0) is 61.6 Å². The van der Waals surface area contributed by atoms with E-state index in [1.165, 1.54) is 5.56 Å². The van der Waals surface area contributed by atoms with Crippen molar-refractivity contribution in [2.75, 3.05) is 6.54 Å². The number of carbonyl (C=O) groups excluding carboxylic acids is 1. The zero-order valence-corrected chi connectivity index (χ0v) is 20.8. The van der Waals surface area contributed by atoms with Gasteiger partial charge in [0.15, 0.2) is 0 Å². The molecular formula is C30H33N3O2. The molecule has 1 amide bonds. The van der Waals surface area contributed by atoms with Crippen LogP contribution in [0.4, 0.5) is 0 Å². The number of aromatic nitrogens is 2. The first-order valence-electron chi connectivity index (χ1n) is 12.5. The average Bonchev–Trinajstić information content (AvgIpc) is 2.90. The second-order valence-corrected chi connectivity index (χ2v) is 8.90. The van der Waals surface area contributed by atoms with Crippen molar-refractivity contribution in [3.05, 3.63) is 106 Å². The minimum absolute atomic E-state index is 0.0680. The van der Waals surface area contributed by atoms with Crippen LogP contribution in [0.1, 0.15) is 56.6 Å². The van der Waals surface area contributed by atoms with E-state index in [4.69, 9.17) is 4.98 Å². The maximum Gasteiger partial charge on any atom is 0.266 e. The maximum atomic E-state index is 13.7. The standard InChI is InChI=1S/C30H33N3O2/c1-4-21-32(28(34)20-17-24-11-7-6-8-12-24)22(3)29-31-27-14-10-9-13-26(27)30(35)33(29)25-18-15-23(5-2)16-19-25/h6-16,18-19,22H,4-5,17,20-21H2,1-3H3. The van der Waals surface area contributed by atoms with Gasteiger partial charge in [-0.2, -0.15) is 0 Å². The van der Waals surface area contributed by atoms with Crippen LogP contribution in [0.5, 0.6) is 0 Å². The molecule has 0 saturated heterocycles. The number of fused-ring (bicyclic) bond motifs is 1. The van der Waals surface area contributed by atoms with Gasteiger partial charge >= 0.3 is 0 Å². The first-order valence-corrected chi connectivity index (χ1v) is 12.5. The molecule has 1 aromatic heterocycles. The lowest BCUT2D eigenvalue weighted by Crippen LogP contribution is -2.38. The van der Waals surface area contributed by atoms with Crippen molar-refractivity contribution in [1.82, 2.24) is 14.5 Å². The van der Waals surface area contributed by atoms with Crippen molar-refractivity contribution in [3.8, 4) is 5.69 Å². The Morgan fingerprint density at radius 1 is 0.914 bits per heavy atom. The quantitative estimate of drug-likeness (QED) is 0.309. The molecule has 0 aliphatic carbocycles. The lowest BCUT2D eigenvalue weighted by Gasteiger charge is -2.30. The molecular weight excluding hydrogens is 434 g/mol. The Morgan fingerprint density at radius 2 is 1.60 bits per heavy atom. The third kappa shape index (κ3) is 5.35. The van der Waals surface area contributed by atoms with E-state index in [1.807, 2.05) is 90.7 Å². The number of hydrogen-bond donors (Lipinski definition) is 0. The molecule has 3 aromatic carbocycles.